The van der Waals surface area contributed by atoms with E-state index >= 15 is 0 Å². The number of nitrogens with one attached hydrogen (secondary N) is 1. The van der Waals surface area contributed by atoms with Crippen molar-refractivity contribution in [1.29, 1.82) is 0 Å². The number of hydrogen-bond acceptors (Lipinski definition) is 3. The second kappa shape index (κ2) is 4.83. The van der Waals surface area contributed by atoms with E-state index in [-0.39, 0.29) is 0 Å². The van der Waals surface area contributed by atoms with Crippen molar-refractivity contribution >= 4 is 0 Å². The van der Waals surface area contributed by atoms with E-state index in [9.17, 15) is 0 Å². The summed E-state index contributed by atoms with van der Waals surface area (Å²) in [5, 5.41) is 3.33. The third-order valence-corrected chi connectivity index (χ3v) is 1.58. The quantitative estimate of drug-likeness (QED) is 0.723. The Hall–Kier alpha value is -0.960. The number of hydrogen-bond donors (Lipinski definition) is 1. The van der Waals surface area contributed by atoms with E-state index < -0.39 is 0 Å². The lowest BCUT2D eigenvalue weighted by atomic mass is 10.3. The summed E-state index contributed by atoms with van der Waals surface area (Å²) >= 11 is 0. The molecule has 0 aliphatic carbocycles. The van der Waals surface area contributed by atoms with Crippen LogP contribution in [0.15, 0.2) is 18.6 Å². The molecule has 1 heterocycles. The predicted octanol–water partition coefficient (Wildman–Crippen LogP) is 1.02. The summed E-state index contributed by atoms with van der Waals surface area (Å²) in [4.78, 5) is 7.98. The molecule has 0 fully saturated rings. The molecule has 3 nitrogen and oxygen atoms in total. The largest absolute Gasteiger partial charge is 0.314 e. The highest BCUT2D eigenvalue weighted by atomic mass is 14.9. The molecule has 0 unspecified atom stereocenters. The van der Waals surface area contributed by atoms with Crippen molar-refractivity contribution in [2.24, 2.45) is 0 Å². The third kappa shape index (κ3) is 3.44. The summed E-state index contributed by atoms with van der Waals surface area (Å²) in [6.07, 6.45) is 4.34. The minimum atomic E-state index is 0.548. The van der Waals surface area contributed by atoms with E-state index in [2.05, 4.69) is 29.1 Å². The molecule has 0 saturated heterocycles. The summed E-state index contributed by atoms with van der Waals surface area (Å²) < 4.78 is 0. The third-order valence-electron chi connectivity index (χ3n) is 1.58. The molecule has 3 heteroatoms. The summed E-state index contributed by atoms with van der Waals surface area (Å²) in [6.45, 7) is 5.26. The Morgan fingerprint density at radius 3 is 2.92 bits per heavy atom. The normalized spacial score (nSPS) is 10.6. The first-order valence-electron chi connectivity index (χ1n) is 4.27. The highest BCUT2D eigenvalue weighted by Crippen LogP contribution is 1.91. The smallest absolute Gasteiger partial charge is 0.115 e. The lowest BCUT2D eigenvalue weighted by molar-refractivity contribution is 0.587. The molecule has 0 saturated carbocycles. The van der Waals surface area contributed by atoms with E-state index in [1.807, 2.05) is 6.07 Å². The van der Waals surface area contributed by atoms with Crippen molar-refractivity contribution in [2.75, 3.05) is 6.54 Å². The average molecular weight is 165 g/mol. The highest BCUT2D eigenvalue weighted by molar-refractivity contribution is 4.97. The molecule has 1 rings (SSSR count). The maximum atomic E-state index is 4.12. The van der Waals surface area contributed by atoms with Gasteiger partial charge < -0.3 is 5.32 Å². The van der Waals surface area contributed by atoms with Gasteiger partial charge >= 0.3 is 0 Å². The van der Waals surface area contributed by atoms with Gasteiger partial charge in [-0.3, -0.25) is 0 Å². The Morgan fingerprint density at radius 2 is 2.33 bits per heavy atom. The first kappa shape index (κ1) is 9.13. The molecule has 0 atom stereocenters. The van der Waals surface area contributed by atoms with Crippen LogP contribution in [0.4, 0.5) is 0 Å². The maximum absolute atomic E-state index is 4.12. The summed E-state index contributed by atoms with van der Waals surface area (Å²) in [6, 6.07) is 2.49. The Morgan fingerprint density at radius 1 is 1.50 bits per heavy atom. The topological polar surface area (TPSA) is 37.8 Å². The van der Waals surface area contributed by atoms with Gasteiger partial charge in [-0.05, 0) is 6.07 Å². The molecular weight excluding hydrogens is 150 g/mol. The average Bonchev–Trinajstić information content (AvgIpc) is 2.05. The molecule has 1 N–H and O–H groups in total. The predicted molar refractivity (Wildman–Crippen MR) is 48.9 cm³/mol. The number of rotatable bonds is 4. The number of nitrogens with zero attached hydrogens (tertiary/aromatic N) is 2. The molecular formula is C9H15N3. The lowest BCUT2D eigenvalue weighted by Gasteiger charge is -2.06. The molecule has 1 aromatic heterocycles. The van der Waals surface area contributed by atoms with Gasteiger partial charge in [-0.2, -0.15) is 0 Å². The zero-order valence-electron chi connectivity index (χ0n) is 7.62. The summed E-state index contributed by atoms with van der Waals surface area (Å²) in [5.41, 5.74) is 1.10. The molecule has 0 amide bonds. The minimum absolute atomic E-state index is 0.548. The van der Waals surface area contributed by atoms with Crippen LogP contribution in [-0.4, -0.2) is 22.6 Å². The molecule has 0 aliphatic rings. The van der Waals surface area contributed by atoms with Crippen molar-refractivity contribution < 1.29 is 0 Å². The van der Waals surface area contributed by atoms with E-state index in [0.29, 0.717) is 6.04 Å². The van der Waals surface area contributed by atoms with E-state index in [0.717, 1.165) is 18.7 Å². The van der Waals surface area contributed by atoms with Crippen LogP contribution in [0.25, 0.3) is 0 Å². The Balaban J connectivity index is 2.25. The maximum Gasteiger partial charge on any atom is 0.115 e. The van der Waals surface area contributed by atoms with E-state index in [1.165, 1.54) is 0 Å². The van der Waals surface area contributed by atoms with Crippen LogP contribution < -0.4 is 5.32 Å². The van der Waals surface area contributed by atoms with Gasteiger partial charge in [-0.25, -0.2) is 9.97 Å². The van der Waals surface area contributed by atoms with E-state index in [4.69, 9.17) is 0 Å². The lowest BCUT2D eigenvalue weighted by Crippen LogP contribution is -2.25. The number of aromatic nitrogens is 2. The minimum Gasteiger partial charge on any atom is -0.314 e. The fourth-order valence-corrected chi connectivity index (χ4v) is 0.955. The van der Waals surface area contributed by atoms with Gasteiger partial charge in [0.25, 0.3) is 0 Å². The molecule has 12 heavy (non-hydrogen) atoms. The van der Waals surface area contributed by atoms with Crippen molar-refractivity contribution in [3.63, 3.8) is 0 Å². The highest BCUT2D eigenvalue weighted by Gasteiger charge is 1.94. The zero-order chi connectivity index (χ0) is 8.81. The van der Waals surface area contributed by atoms with Crippen molar-refractivity contribution in [2.45, 2.75) is 26.3 Å². The van der Waals surface area contributed by atoms with Gasteiger partial charge in [-0.1, -0.05) is 13.8 Å². The van der Waals surface area contributed by atoms with Gasteiger partial charge in [0.2, 0.25) is 0 Å². The van der Waals surface area contributed by atoms with Crippen LogP contribution in [-0.2, 0) is 6.42 Å². The van der Waals surface area contributed by atoms with Crippen molar-refractivity contribution in [1.82, 2.24) is 15.3 Å². The Bertz CT molecular complexity index is 208. The molecule has 0 radical (unpaired) electrons. The summed E-state index contributed by atoms with van der Waals surface area (Å²) in [7, 11) is 0. The standard InChI is InChI=1S/C9H15N3/c1-8(2)11-6-4-9-3-5-10-7-12-9/h3,5,7-8,11H,4,6H2,1-2H3. The van der Waals surface area contributed by atoms with Crippen LogP contribution in [0, 0.1) is 0 Å². The van der Waals surface area contributed by atoms with Crippen LogP contribution in [0.2, 0.25) is 0 Å². The van der Waals surface area contributed by atoms with Crippen LogP contribution >= 0.6 is 0 Å². The van der Waals surface area contributed by atoms with Crippen LogP contribution in [0.1, 0.15) is 19.5 Å². The molecule has 0 aromatic carbocycles. The molecule has 66 valence electrons. The van der Waals surface area contributed by atoms with Gasteiger partial charge in [0.1, 0.15) is 6.33 Å². The zero-order valence-corrected chi connectivity index (χ0v) is 7.62. The van der Waals surface area contributed by atoms with Crippen LogP contribution in [0.5, 0.6) is 0 Å². The van der Waals surface area contributed by atoms with Gasteiger partial charge in [0.05, 0.1) is 0 Å². The van der Waals surface area contributed by atoms with Crippen molar-refractivity contribution in [3.05, 3.63) is 24.3 Å². The first-order chi connectivity index (χ1) is 5.79. The molecule has 0 bridgehead atoms. The van der Waals surface area contributed by atoms with E-state index in [1.54, 1.807) is 12.5 Å². The fraction of sp³-hybridized carbons (Fsp3) is 0.556. The molecule has 0 spiro atoms. The SMILES string of the molecule is CC(C)NCCc1ccncn1. The van der Waals surface area contributed by atoms with Gasteiger partial charge in [-0.15, -0.1) is 0 Å². The van der Waals surface area contributed by atoms with Gasteiger partial charge in [0.15, 0.2) is 0 Å². The second-order valence-corrected chi connectivity index (χ2v) is 3.06. The Kier molecular flexibility index (Phi) is 3.67. The van der Waals surface area contributed by atoms with Gasteiger partial charge in [0, 0.05) is 30.9 Å². The Labute approximate surface area is 73.2 Å². The molecule has 1 aromatic rings. The molecule has 0 aliphatic heterocycles. The monoisotopic (exact) mass is 165 g/mol. The van der Waals surface area contributed by atoms with Crippen LogP contribution in [0.3, 0.4) is 0 Å². The first-order valence-corrected chi connectivity index (χ1v) is 4.27. The fourth-order valence-electron chi connectivity index (χ4n) is 0.955. The summed E-state index contributed by atoms with van der Waals surface area (Å²) in [5.74, 6) is 0. The second-order valence-electron chi connectivity index (χ2n) is 3.06. The van der Waals surface area contributed by atoms with Crippen molar-refractivity contribution in [3.8, 4) is 0 Å².